The number of carbonyl (C=O) groups is 1. The molecule has 19 heavy (non-hydrogen) atoms. The quantitative estimate of drug-likeness (QED) is 0.820. The minimum Gasteiger partial charge on any atom is -0.339 e. The molecule has 0 N–H and O–H groups in total. The number of likely N-dealkylation sites (tertiary alicyclic amines) is 1. The maximum Gasteiger partial charge on any atom is 0.257 e. The van der Waals surface area contributed by atoms with Gasteiger partial charge in [-0.2, -0.15) is 5.10 Å². The number of piperidine rings is 1. The smallest absolute Gasteiger partial charge is 0.257 e. The summed E-state index contributed by atoms with van der Waals surface area (Å²) < 4.78 is 1.77. The van der Waals surface area contributed by atoms with E-state index in [1.165, 1.54) is 25.7 Å². The number of amides is 1. The lowest BCUT2D eigenvalue weighted by molar-refractivity contribution is 0.0667. The summed E-state index contributed by atoms with van der Waals surface area (Å²) in [7, 11) is 1.88. The topological polar surface area (TPSA) is 38.1 Å². The monoisotopic (exact) mass is 261 g/mol. The molecule has 2 heterocycles. The van der Waals surface area contributed by atoms with E-state index in [0.29, 0.717) is 5.41 Å². The largest absolute Gasteiger partial charge is 0.339 e. The lowest BCUT2D eigenvalue weighted by atomic mass is 9.90. The first-order valence-electron chi connectivity index (χ1n) is 7.35. The Labute approximate surface area is 114 Å². The van der Waals surface area contributed by atoms with E-state index in [1.807, 2.05) is 18.9 Å². The average molecular weight is 261 g/mol. The molecule has 3 rings (SSSR count). The van der Waals surface area contributed by atoms with Gasteiger partial charge >= 0.3 is 0 Å². The highest BCUT2D eigenvalue weighted by atomic mass is 16.2. The zero-order chi connectivity index (χ0) is 13.6. The first-order valence-corrected chi connectivity index (χ1v) is 7.35. The zero-order valence-electron chi connectivity index (χ0n) is 12.1. The van der Waals surface area contributed by atoms with Crippen molar-refractivity contribution in [3.8, 4) is 0 Å². The second kappa shape index (κ2) is 4.36. The Morgan fingerprint density at radius 3 is 2.63 bits per heavy atom. The van der Waals surface area contributed by atoms with Crippen molar-refractivity contribution in [2.24, 2.45) is 18.4 Å². The zero-order valence-corrected chi connectivity index (χ0v) is 12.1. The summed E-state index contributed by atoms with van der Waals surface area (Å²) in [6.07, 6.45) is 6.77. The predicted octanol–water partition coefficient (Wildman–Crippen LogP) is 2.38. The minimum atomic E-state index is 0.161. The second-order valence-electron chi connectivity index (χ2n) is 6.23. The summed E-state index contributed by atoms with van der Waals surface area (Å²) in [6, 6.07) is 0. The fraction of sp³-hybridized carbons (Fsp3) is 0.733. The van der Waals surface area contributed by atoms with Crippen LogP contribution >= 0.6 is 0 Å². The lowest BCUT2D eigenvalue weighted by Crippen LogP contribution is -2.39. The fourth-order valence-corrected chi connectivity index (χ4v) is 3.66. The summed E-state index contributed by atoms with van der Waals surface area (Å²) in [5.74, 6) is 1.08. The molecule has 1 atom stereocenters. The molecule has 0 bridgehead atoms. The number of aromatic nitrogens is 2. The Balaban J connectivity index is 1.66. The maximum absolute atomic E-state index is 12.5. The van der Waals surface area contributed by atoms with Crippen molar-refractivity contribution in [1.82, 2.24) is 14.7 Å². The Morgan fingerprint density at radius 1 is 1.47 bits per heavy atom. The van der Waals surface area contributed by atoms with Gasteiger partial charge in [-0.15, -0.1) is 0 Å². The van der Waals surface area contributed by atoms with Crippen LogP contribution in [-0.4, -0.2) is 33.7 Å². The standard InChI is InChI=1S/C15H23N3O/c1-4-12-9-15(12)5-7-18(8-6-15)14(19)13-10-16-17(3)11(13)2/h10,12H,4-9H2,1-3H3. The number of carbonyl (C=O) groups excluding carboxylic acids is 1. The SMILES string of the molecule is CCC1CC12CCN(C(=O)c1cnn(C)c1C)CC2. The Morgan fingerprint density at radius 2 is 2.16 bits per heavy atom. The first kappa shape index (κ1) is 12.7. The van der Waals surface area contributed by atoms with Crippen molar-refractivity contribution in [1.29, 1.82) is 0 Å². The highest BCUT2D eigenvalue weighted by Crippen LogP contribution is 2.60. The van der Waals surface area contributed by atoms with Crippen LogP contribution in [0.2, 0.25) is 0 Å². The molecule has 1 unspecified atom stereocenters. The summed E-state index contributed by atoms with van der Waals surface area (Å²) in [5.41, 5.74) is 2.32. The molecular weight excluding hydrogens is 238 g/mol. The van der Waals surface area contributed by atoms with E-state index in [2.05, 4.69) is 12.0 Å². The molecule has 2 aliphatic rings. The third-order valence-electron chi connectivity index (χ3n) is 5.36. The number of hydrogen-bond donors (Lipinski definition) is 0. The summed E-state index contributed by atoms with van der Waals surface area (Å²) in [5, 5.41) is 4.17. The average Bonchev–Trinajstić information content (AvgIpc) is 3.00. The fourth-order valence-electron chi connectivity index (χ4n) is 3.66. The van der Waals surface area contributed by atoms with E-state index >= 15 is 0 Å². The van der Waals surface area contributed by atoms with Crippen molar-refractivity contribution >= 4 is 5.91 Å². The van der Waals surface area contributed by atoms with E-state index < -0.39 is 0 Å². The molecule has 0 aromatic carbocycles. The van der Waals surface area contributed by atoms with Crippen molar-refractivity contribution in [3.05, 3.63) is 17.5 Å². The van der Waals surface area contributed by atoms with Crippen LogP contribution in [0.5, 0.6) is 0 Å². The van der Waals surface area contributed by atoms with Gasteiger partial charge in [0.15, 0.2) is 0 Å². The van der Waals surface area contributed by atoms with Crippen molar-refractivity contribution in [2.45, 2.75) is 39.5 Å². The van der Waals surface area contributed by atoms with Crippen LogP contribution in [0.4, 0.5) is 0 Å². The number of nitrogens with zero attached hydrogens (tertiary/aromatic N) is 3. The minimum absolute atomic E-state index is 0.161. The van der Waals surface area contributed by atoms with E-state index in [9.17, 15) is 4.79 Å². The van der Waals surface area contributed by atoms with Gasteiger partial charge in [0.1, 0.15) is 0 Å². The summed E-state index contributed by atoms with van der Waals surface area (Å²) in [4.78, 5) is 14.5. The molecule has 1 aliphatic heterocycles. The maximum atomic E-state index is 12.5. The van der Waals surface area contributed by atoms with Crippen LogP contribution in [0.25, 0.3) is 0 Å². The van der Waals surface area contributed by atoms with Crippen LogP contribution in [0.15, 0.2) is 6.20 Å². The molecule has 1 saturated carbocycles. The van der Waals surface area contributed by atoms with E-state index in [1.54, 1.807) is 10.9 Å². The number of hydrogen-bond acceptors (Lipinski definition) is 2. The van der Waals surface area contributed by atoms with Gasteiger partial charge in [-0.05, 0) is 37.5 Å². The molecule has 1 aromatic heterocycles. The molecule has 1 aromatic rings. The highest BCUT2D eigenvalue weighted by molar-refractivity contribution is 5.95. The van der Waals surface area contributed by atoms with Gasteiger partial charge < -0.3 is 4.90 Å². The van der Waals surface area contributed by atoms with Crippen LogP contribution in [0.1, 0.15) is 48.7 Å². The molecule has 1 aliphatic carbocycles. The van der Waals surface area contributed by atoms with Gasteiger partial charge in [0, 0.05) is 25.8 Å². The third-order valence-corrected chi connectivity index (χ3v) is 5.36. The van der Waals surface area contributed by atoms with E-state index in [4.69, 9.17) is 0 Å². The summed E-state index contributed by atoms with van der Waals surface area (Å²) in [6.45, 7) is 6.09. The highest BCUT2D eigenvalue weighted by Gasteiger charge is 2.53. The molecule has 1 amide bonds. The van der Waals surface area contributed by atoms with Crippen molar-refractivity contribution in [3.63, 3.8) is 0 Å². The Hall–Kier alpha value is -1.32. The van der Waals surface area contributed by atoms with Gasteiger partial charge in [0.2, 0.25) is 0 Å². The van der Waals surface area contributed by atoms with Crippen LogP contribution in [-0.2, 0) is 7.05 Å². The normalized spacial score (nSPS) is 24.8. The van der Waals surface area contributed by atoms with Crippen LogP contribution < -0.4 is 0 Å². The Bertz CT molecular complexity index is 497. The van der Waals surface area contributed by atoms with Crippen molar-refractivity contribution in [2.75, 3.05) is 13.1 Å². The molecule has 1 saturated heterocycles. The molecule has 2 fully saturated rings. The molecule has 4 nitrogen and oxygen atoms in total. The number of aryl methyl sites for hydroxylation is 1. The van der Waals surface area contributed by atoms with Gasteiger partial charge in [0.25, 0.3) is 5.91 Å². The summed E-state index contributed by atoms with van der Waals surface area (Å²) >= 11 is 0. The van der Waals surface area contributed by atoms with Gasteiger partial charge in [-0.25, -0.2) is 0 Å². The Kier molecular flexibility index (Phi) is 2.91. The van der Waals surface area contributed by atoms with Crippen molar-refractivity contribution < 1.29 is 4.79 Å². The van der Waals surface area contributed by atoms with Crippen LogP contribution in [0, 0.1) is 18.3 Å². The molecule has 1 spiro atoms. The van der Waals surface area contributed by atoms with Gasteiger partial charge in [-0.3, -0.25) is 9.48 Å². The molecular formula is C15H23N3O. The molecule has 104 valence electrons. The first-order chi connectivity index (χ1) is 9.07. The third kappa shape index (κ3) is 1.97. The van der Waals surface area contributed by atoms with E-state index in [0.717, 1.165) is 30.3 Å². The number of rotatable bonds is 2. The molecule has 4 heteroatoms. The van der Waals surface area contributed by atoms with Crippen LogP contribution in [0.3, 0.4) is 0 Å². The van der Waals surface area contributed by atoms with Gasteiger partial charge in [0.05, 0.1) is 11.8 Å². The van der Waals surface area contributed by atoms with Gasteiger partial charge in [-0.1, -0.05) is 13.3 Å². The second-order valence-corrected chi connectivity index (χ2v) is 6.23. The predicted molar refractivity (Wildman–Crippen MR) is 73.9 cm³/mol. The van der Waals surface area contributed by atoms with E-state index in [-0.39, 0.29) is 5.91 Å². The lowest BCUT2D eigenvalue weighted by Gasteiger charge is -2.33. The molecule has 0 radical (unpaired) electrons.